The van der Waals surface area contributed by atoms with Crippen molar-refractivity contribution in [3.8, 4) is 16.9 Å². The topological polar surface area (TPSA) is 57.5 Å². The average molecular weight is 282 g/mol. The lowest BCUT2D eigenvalue weighted by atomic mass is 10.0. The van der Waals surface area contributed by atoms with Crippen LogP contribution in [-0.4, -0.2) is 16.2 Å². The van der Waals surface area contributed by atoms with E-state index in [-0.39, 0.29) is 16.7 Å². The second-order valence-corrected chi connectivity index (χ2v) is 4.15. The Morgan fingerprint density at radius 2 is 1.70 bits per heavy atom. The van der Waals surface area contributed by atoms with E-state index in [0.717, 1.165) is 12.1 Å². The molecular formula is C14H9F3O3. The highest BCUT2D eigenvalue weighted by molar-refractivity contribution is 5.89. The molecule has 3 nitrogen and oxygen atoms in total. The first-order valence-corrected chi connectivity index (χ1v) is 5.52. The highest BCUT2D eigenvalue weighted by Gasteiger charge is 2.31. The summed E-state index contributed by atoms with van der Waals surface area (Å²) in [6.07, 6.45) is -4.59. The number of benzene rings is 2. The molecule has 0 saturated heterocycles. The fraction of sp³-hybridized carbons (Fsp3) is 0.0714. The van der Waals surface area contributed by atoms with Crippen LogP contribution in [0.25, 0.3) is 11.1 Å². The number of alkyl halides is 3. The van der Waals surface area contributed by atoms with Gasteiger partial charge in [0, 0.05) is 0 Å². The molecule has 0 unspecified atom stereocenters. The normalized spacial score (nSPS) is 11.3. The molecule has 0 aliphatic carbocycles. The van der Waals surface area contributed by atoms with Gasteiger partial charge in [0.2, 0.25) is 0 Å². The van der Waals surface area contributed by atoms with Crippen LogP contribution in [0.5, 0.6) is 5.75 Å². The van der Waals surface area contributed by atoms with Crippen molar-refractivity contribution in [2.45, 2.75) is 6.18 Å². The third kappa shape index (κ3) is 2.90. The van der Waals surface area contributed by atoms with Gasteiger partial charge in [0.25, 0.3) is 0 Å². The van der Waals surface area contributed by atoms with E-state index in [2.05, 4.69) is 0 Å². The van der Waals surface area contributed by atoms with Gasteiger partial charge >= 0.3 is 12.1 Å². The summed E-state index contributed by atoms with van der Waals surface area (Å²) in [5.41, 5.74) is -0.653. The van der Waals surface area contributed by atoms with Gasteiger partial charge in [0.15, 0.2) is 0 Å². The van der Waals surface area contributed by atoms with Gasteiger partial charge in [0.05, 0.1) is 11.1 Å². The van der Waals surface area contributed by atoms with Crippen LogP contribution in [-0.2, 0) is 6.18 Å². The minimum atomic E-state index is -4.59. The molecule has 0 fully saturated rings. The molecule has 0 aromatic heterocycles. The predicted molar refractivity (Wildman–Crippen MR) is 65.5 cm³/mol. The van der Waals surface area contributed by atoms with Gasteiger partial charge in [-0.05, 0) is 41.5 Å². The van der Waals surface area contributed by atoms with Crippen molar-refractivity contribution in [3.63, 3.8) is 0 Å². The van der Waals surface area contributed by atoms with Crippen LogP contribution < -0.4 is 0 Å². The molecule has 0 bridgehead atoms. The Labute approximate surface area is 111 Å². The second kappa shape index (κ2) is 4.88. The van der Waals surface area contributed by atoms with E-state index in [9.17, 15) is 23.1 Å². The second-order valence-electron chi connectivity index (χ2n) is 4.15. The first-order chi connectivity index (χ1) is 9.27. The maximum atomic E-state index is 12.7. The zero-order valence-corrected chi connectivity index (χ0v) is 9.98. The molecule has 2 aromatic rings. The van der Waals surface area contributed by atoms with E-state index >= 15 is 0 Å². The first kappa shape index (κ1) is 13.9. The molecule has 2 rings (SSSR count). The summed E-state index contributed by atoms with van der Waals surface area (Å²) >= 11 is 0. The highest BCUT2D eigenvalue weighted by atomic mass is 19.4. The Balaban J connectivity index is 2.55. The van der Waals surface area contributed by atoms with Crippen molar-refractivity contribution in [3.05, 3.63) is 53.6 Å². The largest absolute Gasteiger partial charge is 0.508 e. The highest BCUT2D eigenvalue weighted by Crippen LogP contribution is 2.35. The molecule has 2 N–H and O–H groups in total. The SMILES string of the molecule is O=C(O)c1cccc(-c2cc(O)cc(C(F)(F)F)c2)c1. The van der Waals surface area contributed by atoms with Crippen molar-refractivity contribution < 1.29 is 28.2 Å². The number of halogens is 3. The van der Waals surface area contributed by atoms with Crippen molar-refractivity contribution >= 4 is 5.97 Å². The monoisotopic (exact) mass is 282 g/mol. The molecule has 0 saturated carbocycles. The minimum absolute atomic E-state index is 0.0422. The zero-order valence-electron chi connectivity index (χ0n) is 9.98. The number of rotatable bonds is 2. The maximum Gasteiger partial charge on any atom is 0.416 e. The Morgan fingerprint density at radius 3 is 2.30 bits per heavy atom. The van der Waals surface area contributed by atoms with Gasteiger partial charge in [-0.2, -0.15) is 13.2 Å². The molecule has 0 aliphatic rings. The number of phenolic OH excluding ortho intramolecular Hbond substituents is 1. The predicted octanol–water partition coefficient (Wildman–Crippen LogP) is 3.78. The van der Waals surface area contributed by atoms with Gasteiger partial charge in [-0.25, -0.2) is 4.79 Å². The molecule has 0 amide bonds. The molecule has 104 valence electrons. The average Bonchev–Trinajstić information content (AvgIpc) is 2.37. The van der Waals surface area contributed by atoms with E-state index in [1.54, 1.807) is 0 Å². The Morgan fingerprint density at radius 1 is 1.00 bits per heavy atom. The molecule has 0 spiro atoms. The smallest absolute Gasteiger partial charge is 0.416 e. The van der Waals surface area contributed by atoms with Crippen LogP contribution in [0.2, 0.25) is 0 Å². The van der Waals surface area contributed by atoms with Crippen LogP contribution in [0.3, 0.4) is 0 Å². The third-order valence-electron chi connectivity index (χ3n) is 2.69. The summed E-state index contributed by atoms with van der Waals surface area (Å²) in [5, 5.41) is 18.2. The van der Waals surface area contributed by atoms with Crippen molar-refractivity contribution in [2.75, 3.05) is 0 Å². The Hall–Kier alpha value is -2.50. The summed E-state index contributed by atoms with van der Waals surface area (Å²) in [6.45, 7) is 0. The van der Waals surface area contributed by atoms with Crippen LogP contribution >= 0.6 is 0 Å². The fourth-order valence-electron chi connectivity index (χ4n) is 1.77. The van der Waals surface area contributed by atoms with Crippen LogP contribution in [0.4, 0.5) is 13.2 Å². The van der Waals surface area contributed by atoms with Gasteiger partial charge < -0.3 is 10.2 Å². The quantitative estimate of drug-likeness (QED) is 0.881. The molecule has 20 heavy (non-hydrogen) atoms. The number of aromatic hydroxyl groups is 1. The molecule has 0 heterocycles. The van der Waals surface area contributed by atoms with E-state index in [1.807, 2.05) is 0 Å². The van der Waals surface area contributed by atoms with Crippen LogP contribution in [0, 0.1) is 0 Å². The number of carboxylic acids is 1. The number of hydrogen-bond donors (Lipinski definition) is 2. The Kier molecular flexibility index (Phi) is 3.40. The van der Waals surface area contributed by atoms with Crippen molar-refractivity contribution in [1.29, 1.82) is 0 Å². The molecule has 2 aromatic carbocycles. The van der Waals surface area contributed by atoms with Crippen LogP contribution in [0.1, 0.15) is 15.9 Å². The van der Waals surface area contributed by atoms with Gasteiger partial charge in [-0.15, -0.1) is 0 Å². The van der Waals surface area contributed by atoms with Crippen molar-refractivity contribution in [1.82, 2.24) is 0 Å². The lowest BCUT2D eigenvalue weighted by Crippen LogP contribution is -2.04. The zero-order chi connectivity index (χ0) is 14.9. The number of phenols is 1. The first-order valence-electron chi connectivity index (χ1n) is 5.52. The van der Waals surface area contributed by atoms with Crippen LogP contribution in [0.15, 0.2) is 42.5 Å². The summed E-state index contributed by atoms with van der Waals surface area (Å²) in [7, 11) is 0. The van der Waals surface area contributed by atoms with E-state index in [1.165, 1.54) is 24.3 Å². The van der Waals surface area contributed by atoms with E-state index in [4.69, 9.17) is 5.11 Å². The molecular weight excluding hydrogens is 273 g/mol. The fourth-order valence-corrected chi connectivity index (χ4v) is 1.77. The van der Waals surface area contributed by atoms with Gasteiger partial charge in [-0.3, -0.25) is 0 Å². The standard InChI is InChI=1S/C14H9F3O3/c15-14(16,17)11-5-10(6-12(18)7-11)8-2-1-3-9(4-8)13(19)20/h1-7,18H,(H,19,20). The maximum absolute atomic E-state index is 12.7. The summed E-state index contributed by atoms with van der Waals surface area (Å²) < 4.78 is 38.0. The lowest BCUT2D eigenvalue weighted by molar-refractivity contribution is -0.137. The number of carboxylic acid groups (broad SMARTS) is 1. The Bertz CT molecular complexity index is 663. The summed E-state index contributed by atoms with van der Waals surface area (Å²) in [4.78, 5) is 10.8. The molecule has 0 atom stereocenters. The molecule has 0 aliphatic heterocycles. The lowest BCUT2D eigenvalue weighted by Gasteiger charge is -2.10. The third-order valence-corrected chi connectivity index (χ3v) is 2.69. The van der Waals surface area contributed by atoms with Gasteiger partial charge in [0.1, 0.15) is 5.75 Å². The number of hydrogen-bond acceptors (Lipinski definition) is 2. The number of aromatic carboxylic acids is 1. The minimum Gasteiger partial charge on any atom is -0.508 e. The van der Waals surface area contributed by atoms with E-state index < -0.39 is 23.5 Å². The number of carbonyl (C=O) groups is 1. The summed E-state index contributed by atoms with van der Waals surface area (Å²) in [6, 6.07) is 8.11. The molecule has 6 heteroatoms. The molecule has 0 radical (unpaired) electrons. The van der Waals surface area contributed by atoms with E-state index in [0.29, 0.717) is 6.07 Å². The van der Waals surface area contributed by atoms with Crippen molar-refractivity contribution in [2.24, 2.45) is 0 Å². The van der Waals surface area contributed by atoms with Gasteiger partial charge in [-0.1, -0.05) is 12.1 Å². The summed E-state index contributed by atoms with van der Waals surface area (Å²) in [5.74, 6) is -1.71.